The Labute approximate surface area is 281 Å². The van der Waals surface area contributed by atoms with Gasteiger partial charge in [-0.3, -0.25) is 0 Å². The second-order valence-electron chi connectivity index (χ2n) is 15.0. The first-order chi connectivity index (χ1) is 22.2. The molecule has 5 rings (SSSR count). The monoisotopic (exact) mass is 653 g/mol. The van der Waals surface area contributed by atoms with Crippen molar-refractivity contribution in [2.75, 3.05) is 13.2 Å². The molecule has 7 nitrogen and oxygen atoms in total. The Hall–Kier alpha value is -3.72. The molecule has 1 atom stereocenters. The highest BCUT2D eigenvalue weighted by molar-refractivity contribution is 6.99. The van der Waals surface area contributed by atoms with Crippen LogP contribution in [0.25, 0.3) is 11.3 Å². The van der Waals surface area contributed by atoms with E-state index in [0.29, 0.717) is 26.1 Å². The minimum atomic E-state index is -2.71. The first kappa shape index (κ1) is 34.6. The van der Waals surface area contributed by atoms with E-state index in [1.807, 2.05) is 20.8 Å². The standard InChI is InChI=1S/C39H51N3O4Si/c1-37(2,3)46-36(43)40-31(27-29-19-21-30(22-20-29)34-28-42-24-26-44-39(7,8)35(42)41-34)23-25-45-47(38(4,5)6,32-15-11-9-12-16-32)33-17-13-10-14-18-33/h9-22,28,31H,23-27H2,1-8H3,(H,40,43). The van der Waals surface area contributed by atoms with Crippen LogP contribution in [0.5, 0.6) is 0 Å². The first-order valence-electron chi connectivity index (χ1n) is 16.7. The van der Waals surface area contributed by atoms with Crippen molar-refractivity contribution >= 4 is 24.8 Å². The average molecular weight is 654 g/mol. The van der Waals surface area contributed by atoms with E-state index >= 15 is 0 Å². The van der Waals surface area contributed by atoms with Crippen molar-refractivity contribution in [3.63, 3.8) is 0 Å². The van der Waals surface area contributed by atoms with Gasteiger partial charge < -0.3 is 23.8 Å². The second kappa shape index (κ2) is 13.8. The van der Waals surface area contributed by atoms with Crippen LogP contribution < -0.4 is 15.7 Å². The number of nitrogens with one attached hydrogen (secondary N) is 1. The van der Waals surface area contributed by atoms with Gasteiger partial charge in [-0.15, -0.1) is 0 Å². The molecule has 0 bridgehead atoms. The zero-order valence-electron chi connectivity index (χ0n) is 29.3. The van der Waals surface area contributed by atoms with Crippen LogP contribution in [-0.4, -0.2) is 48.8 Å². The molecule has 0 radical (unpaired) electrons. The van der Waals surface area contributed by atoms with Gasteiger partial charge in [0.2, 0.25) is 0 Å². The maximum absolute atomic E-state index is 13.0. The van der Waals surface area contributed by atoms with Crippen molar-refractivity contribution in [2.45, 2.75) is 97.1 Å². The Morgan fingerprint density at radius 2 is 1.53 bits per heavy atom. The van der Waals surface area contributed by atoms with E-state index in [0.717, 1.165) is 29.2 Å². The molecule has 1 unspecified atom stereocenters. The molecule has 0 saturated carbocycles. The van der Waals surface area contributed by atoms with Crippen molar-refractivity contribution in [3.8, 4) is 11.3 Å². The Balaban J connectivity index is 1.37. The number of hydrogen-bond donors (Lipinski definition) is 1. The summed E-state index contributed by atoms with van der Waals surface area (Å²) in [5, 5.41) is 5.50. The number of carbonyl (C=O) groups is 1. The molecule has 250 valence electrons. The molecular weight excluding hydrogens is 603 g/mol. The van der Waals surface area contributed by atoms with Crippen LogP contribution in [0.4, 0.5) is 4.79 Å². The number of carbonyl (C=O) groups excluding carboxylic acids is 1. The van der Waals surface area contributed by atoms with E-state index in [1.54, 1.807) is 0 Å². The Morgan fingerprint density at radius 1 is 0.936 bits per heavy atom. The average Bonchev–Trinajstić information content (AvgIpc) is 3.45. The highest BCUT2D eigenvalue weighted by Gasteiger charge is 2.50. The smallest absolute Gasteiger partial charge is 0.407 e. The zero-order valence-corrected chi connectivity index (χ0v) is 30.3. The minimum Gasteiger partial charge on any atom is -0.444 e. The topological polar surface area (TPSA) is 74.6 Å². The van der Waals surface area contributed by atoms with E-state index in [1.165, 1.54) is 10.4 Å². The van der Waals surface area contributed by atoms with Crippen LogP contribution in [0.2, 0.25) is 5.04 Å². The number of aromatic nitrogens is 2. The molecule has 4 aromatic rings. The Kier molecular flexibility index (Phi) is 10.2. The molecule has 1 amide bonds. The molecule has 0 aliphatic carbocycles. The van der Waals surface area contributed by atoms with Gasteiger partial charge in [0.1, 0.15) is 17.0 Å². The van der Waals surface area contributed by atoms with Crippen LogP contribution in [-0.2, 0) is 32.5 Å². The fourth-order valence-electron chi connectivity index (χ4n) is 6.58. The Morgan fingerprint density at radius 3 is 2.06 bits per heavy atom. The summed E-state index contributed by atoms with van der Waals surface area (Å²) < 4.78 is 21.0. The second-order valence-corrected chi connectivity index (χ2v) is 19.4. The lowest BCUT2D eigenvalue weighted by molar-refractivity contribution is -0.0539. The minimum absolute atomic E-state index is 0.132. The third kappa shape index (κ3) is 8.05. The molecule has 1 aliphatic rings. The van der Waals surface area contributed by atoms with Gasteiger partial charge in [0, 0.05) is 31.0 Å². The number of benzene rings is 3. The van der Waals surface area contributed by atoms with E-state index in [9.17, 15) is 4.79 Å². The van der Waals surface area contributed by atoms with Gasteiger partial charge in [0.25, 0.3) is 8.32 Å². The highest BCUT2D eigenvalue weighted by Crippen LogP contribution is 2.37. The normalized spacial score (nSPS) is 15.5. The lowest BCUT2D eigenvalue weighted by atomic mass is 10.0. The largest absolute Gasteiger partial charge is 0.444 e. The fourth-order valence-corrected chi connectivity index (χ4v) is 11.2. The number of hydrogen-bond acceptors (Lipinski definition) is 5. The fraction of sp³-hybridized carbons (Fsp3) is 0.436. The van der Waals surface area contributed by atoms with Gasteiger partial charge in [-0.05, 0) is 68.4 Å². The van der Waals surface area contributed by atoms with E-state index in [4.69, 9.17) is 18.9 Å². The molecule has 0 spiro atoms. The van der Waals surface area contributed by atoms with Crippen LogP contribution in [0.15, 0.2) is 91.1 Å². The van der Waals surface area contributed by atoms with Crippen LogP contribution in [0, 0.1) is 0 Å². The van der Waals surface area contributed by atoms with Gasteiger partial charge in [-0.25, -0.2) is 9.78 Å². The van der Waals surface area contributed by atoms with Gasteiger partial charge in [0.15, 0.2) is 0 Å². The summed E-state index contributed by atoms with van der Waals surface area (Å²) in [5.74, 6) is 0.949. The SMILES string of the molecule is CC(C)(C)OC(=O)NC(CCO[Si](c1ccccc1)(c1ccccc1)C(C)(C)C)Cc1ccc(-c2cn3c(n2)C(C)(C)OCC3)cc1. The molecular formula is C39H51N3O4Si. The van der Waals surface area contributed by atoms with Crippen molar-refractivity contribution in [1.29, 1.82) is 0 Å². The van der Waals surface area contributed by atoms with Crippen molar-refractivity contribution in [3.05, 3.63) is 103 Å². The number of alkyl carbamates (subject to hydrolysis) is 1. The highest BCUT2D eigenvalue weighted by atomic mass is 28.4. The third-order valence-corrected chi connectivity index (χ3v) is 13.8. The number of nitrogens with zero attached hydrogens (tertiary/aromatic N) is 2. The predicted octanol–water partition coefficient (Wildman–Crippen LogP) is 7.22. The van der Waals surface area contributed by atoms with Crippen LogP contribution in [0.3, 0.4) is 0 Å². The molecule has 47 heavy (non-hydrogen) atoms. The predicted molar refractivity (Wildman–Crippen MR) is 192 cm³/mol. The number of rotatable bonds is 10. The summed E-state index contributed by atoms with van der Waals surface area (Å²) in [5.41, 5.74) is 2.11. The molecule has 0 fully saturated rings. The number of amides is 1. The van der Waals surface area contributed by atoms with Crippen LogP contribution >= 0.6 is 0 Å². The van der Waals surface area contributed by atoms with Crippen molar-refractivity contribution in [1.82, 2.24) is 14.9 Å². The van der Waals surface area contributed by atoms with E-state index < -0.39 is 25.6 Å². The first-order valence-corrected chi connectivity index (χ1v) is 18.6. The number of ether oxygens (including phenoxy) is 2. The van der Waals surface area contributed by atoms with Crippen molar-refractivity contribution in [2.24, 2.45) is 0 Å². The lowest BCUT2D eigenvalue weighted by Gasteiger charge is -2.43. The van der Waals surface area contributed by atoms with Crippen molar-refractivity contribution < 1.29 is 18.7 Å². The molecule has 1 aliphatic heterocycles. The quantitative estimate of drug-likeness (QED) is 0.183. The van der Waals surface area contributed by atoms with Gasteiger partial charge >= 0.3 is 6.09 Å². The maximum Gasteiger partial charge on any atom is 0.407 e. The summed E-state index contributed by atoms with van der Waals surface area (Å²) in [6.07, 6.45) is 2.97. The van der Waals surface area contributed by atoms with Gasteiger partial charge in [-0.2, -0.15) is 0 Å². The molecule has 1 N–H and O–H groups in total. The van der Waals surface area contributed by atoms with Gasteiger partial charge in [-0.1, -0.05) is 106 Å². The number of imidazole rings is 1. The summed E-state index contributed by atoms with van der Waals surface area (Å²) in [7, 11) is -2.71. The van der Waals surface area contributed by atoms with Gasteiger partial charge in [0.05, 0.1) is 12.3 Å². The maximum atomic E-state index is 13.0. The van der Waals surface area contributed by atoms with Crippen LogP contribution in [0.1, 0.15) is 73.2 Å². The number of fused-ring (bicyclic) bond motifs is 1. The summed E-state index contributed by atoms with van der Waals surface area (Å²) >= 11 is 0. The molecule has 3 aromatic carbocycles. The Bertz CT molecular complexity index is 1580. The summed E-state index contributed by atoms with van der Waals surface area (Å²) in [6, 6.07) is 29.6. The summed E-state index contributed by atoms with van der Waals surface area (Å²) in [4.78, 5) is 17.9. The third-order valence-electron chi connectivity index (χ3n) is 8.76. The molecule has 8 heteroatoms. The molecule has 2 heterocycles. The zero-order chi connectivity index (χ0) is 33.9. The van der Waals surface area contributed by atoms with E-state index in [2.05, 4.69) is 136 Å². The molecule has 0 saturated heterocycles. The lowest BCUT2D eigenvalue weighted by Crippen LogP contribution is -2.66. The summed E-state index contributed by atoms with van der Waals surface area (Å²) in [6.45, 7) is 18.6. The molecule has 1 aromatic heterocycles. The van der Waals surface area contributed by atoms with E-state index in [-0.39, 0.29) is 11.1 Å².